The Morgan fingerprint density at radius 1 is 1.38 bits per heavy atom. The lowest BCUT2D eigenvalue weighted by molar-refractivity contribution is -0.127. The Kier molecular flexibility index (Phi) is 4.65. The van der Waals surface area contributed by atoms with Crippen LogP contribution < -0.4 is 0 Å². The molecule has 1 aliphatic rings. The Morgan fingerprint density at radius 2 is 2.24 bits per heavy atom. The quantitative estimate of drug-likeness (QED) is 0.791. The van der Waals surface area contributed by atoms with Crippen molar-refractivity contribution in [2.24, 2.45) is 0 Å². The van der Waals surface area contributed by atoms with Crippen LogP contribution in [0.1, 0.15) is 5.56 Å². The normalized spacial score (nSPS) is 16.2. The van der Waals surface area contributed by atoms with Crippen LogP contribution in [-0.2, 0) is 16.0 Å². The highest BCUT2D eigenvalue weighted by Crippen LogP contribution is 2.21. The van der Waals surface area contributed by atoms with E-state index in [2.05, 4.69) is 29.6 Å². The fourth-order valence-electron chi connectivity index (χ4n) is 2.51. The van der Waals surface area contributed by atoms with Crippen molar-refractivity contribution in [1.82, 2.24) is 4.90 Å². The van der Waals surface area contributed by atoms with Crippen molar-refractivity contribution in [1.29, 1.82) is 0 Å². The number of hydrogen-bond acceptors (Lipinski definition) is 5. The molecule has 1 aromatic carbocycles. The van der Waals surface area contributed by atoms with Crippen molar-refractivity contribution in [3.8, 4) is 0 Å². The van der Waals surface area contributed by atoms with Gasteiger partial charge in [0.2, 0.25) is 0 Å². The van der Waals surface area contributed by atoms with Gasteiger partial charge in [0, 0.05) is 17.8 Å². The molecule has 1 aliphatic heterocycles. The van der Waals surface area contributed by atoms with Crippen LogP contribution in [0.15, 0.2) is 29.6 Å². The molecule has 0 atom stereocenters. The molecule has 0 radical (unpaired) electrons. The third kappa shape index (κ3) is 3.89. The van der Waals surface area contributed by atoms with Crippen LogP contribution >= 0.6 is 11.3 Å². The molecule has 0 aliphatic carbocycles. The molecule has 0 amide bonds. The van der Waals surface area contributed by atoms with Crippen LogP contribution in [0.3, 0.4) is 0 Å². The van der Waals surface area contributed by atoms with Crippen LogP contribution in [0.2, 0.25) is 0 Å². The highest BCUT2D eigenvalue weighted by molar-refractivity contribution is 7.17. The Bertz CT molecular complexity index is 619. The SMILES string of the molecule is O=C(COCCc1ccc2sccc2c1)CN1CC(O)C1. The van der Waals surface area contributed by atoms with E-state index in [0.29, 0.717) is 26.2 Å². The minimum atomic E-state index is -0.259. The maximum atomic E-state index is 11.7. The zero-order chi connectivity index (χ0) is 14.7. The molecular weight excluding hydrogens is 286 g/mol. The lowest BCUT2D eigenvalue weighted by Gasteiger charge is -2.35. The molecule has 2 aromatic rings. The van der Waals surface area contributed by atoms with Crippen molar-refractivity contribution < 1.29 is 14.6 Å². The van der Waals surface area contributed by atoms with Crippen molar-refractivity contribution in [3.05, 3.63) is 35.2 Å². The van der Waals surface area contributed by atoms with E-state index in [4.69, 9.17) is 9.84 Å². The molecule has 2 heterocycles. The summed E-state index contributed by atoms with van der Waals surface area (Å²) >= 11 is 1.74. The van der Waals surface area contributed by atoms with Gasteiger partial charge in [0.15, 0.2) is 5.78 Å². The molecule has 3 rings (SSSR count). The zero-order valence-electron chi connectivity index (χ0n) is 11.8. The van der Waals surface area contributed by atoms with Crippen molar-refractivity contribution in [2.45, 2.75) is 12.5 Å². The van der Waals surface area contributed by atoms with Crippen LogP contribution in [-0.4, -0.2) is 54.7 Å². The number of aliphatic hydroxyl groups is 1. The number of carbonyl (C=O) groups excluding carboxylic acids is 1. The average Bonchev–Trinajstić information content (AvgIpc) is 2.89. The van der Waals surface area contributed by atoms with Gasteiger partial charge in [-0.1, -0.05) is 12.1 Å². The fourth-order valence-corrected chi connectivity index (χ4v) is 3.29. The second-order valence-electron chi connectivity index (χ2n) is 5.48. The summed E-state index contributed by atoms with van der Waals surface area (Å²) in [7, 11) is 0. The largest absolute Gasteiger partial charge is 0.390 e. The van der Waals surface area contributed by atoms with Gasteiger partial charge in [-0.3, -0.25) is 9.69 Å². The number of thiophene rings is 1. The molecule has 0 saturated carbocycles. The predicted molar refractivity (Wildman–Crippen MR) is 83.8 cm³/mol. The number of hydrogen-bond donors (Lipinski definition) is 1. The first-order valence-corrected chi connectivity index (χ1v) is 8.05. The number of benzene rings is 1. The maximum absolute atomic E-state index is 11.7. The standard InChI is InChI=1S/C16H19NO3S/c18-14-8-17(9-14)10-15(19)11-20-5-3-12-1-2-16-13(7-12)4-6-21-16/h1-2,4,6-7,14,18H,3,5,8-11H2. The Balaban J connectivity index is 1.36. The number of ether oxygens (including phenoxy) is 1. The highest BCUT2D eigenvalue weighted by atomic mass is 32.1. The van der Waals surface area contributed by atoms with E-state index in [0.717, 1.165) is 6.42 Å². The minimum Gasteiger partial charge on any atom is -0.390 e. The van der Waals surface area contributed by atoms with Crippen molar-refractivity contribution in [3.63, 3.8) is 0 Å². The monoisotopic (exact) mass is 305 g/mol. The topological polar surface area (TPSA) is 49.8 Å². The van der Waals surface area contributed by atoms with E-state index >= 15 is 0 Å². The fraction of sp³-hybridized carbons (Fsp3) is 0.438. The van der Waals surface area contributed by atoms with E-state index < -0.39 is 0 Å². The summed E-state index contributed by atoms with van der Waals surface area (Å²) in [6.07, 6.45) is 0.562. The molecule has 0 bridgehead atoms. The number of Topliss-reactive ketones (excluding diaryl/α,β-unsaturated/α-hetero) is 1. The smallest absolute Gasteiger partial charge is 0.172 e. The van der Waals surface area contributed by atoms with Gasteiger partial charge in [-0.15, -0.1) is 11.3 Å². The number of ketones is 1. The van der Waals surface area contributed by atoms with E-state index in [1.807, 2.05) is 4.90 Å². The minimum absolute atomic E-state index is 0.0789. The van der Waals surface area contributed by atoms with E-state index in [1.54, 1.807) is 11.3 Å². The summed E-state index contributed by atoms with van der Waals surface area (Å²) in [5.74, 6) is 0.0789. The Labute approximate surface area is 127 Å². The van der Waals surface area contributed by atoms with Gasteiger partial charge in [0.1, 0.15) is 6.61 Å². The number of nitrogens with zero attached hydrogens (tertiary/aromatic N) is 1. The zero-order valence-corrected chi connectivity index (χ0v) is 12.6. The molecular formula is C16H19NO3S. The van der Waals surface area contributed by atoms with Gasteiger partial charge in [-0.2, -0.15) is 0 Å². The second-order valence-corrected chi connectivity index (χ2v) is 6.43. The first-order chi connectivity index (χ1) is 10.2. The average molecular weight is 305 g/mol. The molecule has 0 spiro atoms. The number of β-amino-alcohol motifs (C(OH)–C–C–N with tert-alkyl or cyclic N) is 1. The first kappa shape index (κ1) is 14.7. The summed E-state index contributed by atoms with van der Waals surface area (Å²) in [5.41, 5.74) is 1.24. The molecule has 21 heavy (non-hydrogen) atoms. The summed E-state index contributed by atoms with van der Waals surface area (Å²) in [4.78, 5) is 13.6. The first-order valence-electron chi connectivity index (χ1n) is 7.17. The van der Waals surface area contributed by atoms with Crippen LogP contribution in [0.5, 0.6) is 0 Å². The summed E-state index contributed by atoms with van der Waals surface area (Å²) in [6, 6.07) is 8.55. The molecule has 1 N–H and O–H groups in total. The van der Waals surface area contributed by atoms with Gasteiger partial charge >= 0.3 is 0 Å². The number of rotatable bonds is 7. The van der Waals surface area contributed by atoms with Gasteiger partial charge in [-0.05, 0) is 34.9 Å². The molecule has 112 valence electrons. The molecule has 4 nitrogen and oxygen atoms in total. The van der Waals surface area contributed by atoms with Gasteiger partial charge in [0.25, 0.3) is 0 Å². The molecule has 1 saturated heterocycles. The molecule has 5 heteroatoms. The van der Waals surface area contributed by atoms with E-state index in [1.165, 1.54) is 15.6 Å². The van der Waals surface area contributed by atoms with Crippen LogP contribution in [0.4, 0.5) is 0 Å². The number of carbonyl (C=O) groups is 1. The van der Waals surface area contributed by atoms with Gasteiger partial charge < -0.3 is 9.84 Å². The van der Waals surface area contributed by atoms with Gasteiger partial charge in [0.05, 0.1) is 19.3 Å². The number of fused-ring (bicyclic) bond motifs is 1. The third-order valence-electron chi connectivity index (χ3n) is 3.65. The maximum Gasteiger partial charge on any atom is 0.172 e. The lowest BCUT2D eigenvalue weighted by Crippen LogP contribution is -2.52. The molecule has 1 fully saturated rings. The van der Waals surface area contributed by atoms with E-state index in [9.17, 15) is 4.79 Å². The lowest BCUT2D eigenvalue weighted by atomic mass is 10.1. The third-order valence-corrected chi connectivity index (χ3v) is 4.55. The number of likely N-dealkylation sites (tertiary alicyclic amines) is 1. The van der Waals surface area contributed by atoms with Crippen LogP contribution in [0.25, 0.3) is 10.1 Å². The van der Waals surface area contributed by atoms with Crippen LogP contribution in [0, 0.1) is 0 Å². The molecule has 1 aromatic heterocycles. The summed E-state index contributed by atoms with van der Waals surface area (Å²) in [6.45, 7) is 2.31. The number of aliphatic hydroxyl groups excluding tert-OH is 1. The van der Waals surface area contributed by atoms with Crippen molar-refractivity contribution >= 4 is 27.2 Å². The van der Waals surface area contributed by atoms with Gasteiger partial charge in [-0.25, -0.2) is 0 Å². The highest BCUT2D eigenvalue weighted by Gasteiger charge is 2.25. The Morgan fingerprint density at radius 3 is 3.05 bits per heavy atom. The van der Waals surface area contributed by atoms with E-state index in [-0.39, 0.29) is 18.5 Å². The Hall–Kier alpha value is -1.27. The summed E-state index contributed by atoms with van der Waals surface area (Å²) in [5, 5.41) is 12.5. The second kappa shape index (κ2) is 6.66. The van der Waals surface area contributed by atoms with Crippen molar-refractivity contribution in [2.75, 3.05) is 32.8 Å². The predicted octanol–water partition coefficient (Wildman–Crippen LogP) is 1.71. The summed E-state index contributed by atoms with van der Waals surface area (Å²) < 4.78 is 6.75. The molecule has 0 unspecified atom stereocenters.